The van der Waals surface area contributed by atoms with E-state index in [0.717, 1.165) is 18.6 Å². The Kier molecular flexibility index (Phi) is 4.11. The molecule has 19 heavy (non-hydrogen) atoms. The van der Waals surface area contributed by atoms with Crippen LogP contribution in [-0.2, 0) is 9.53 Å². The zero-order valence-corrected chi connectivity index (χ0v) is 10.6. The van der Waals surface area contributed by atoms with Crippen molar-refractivity contribution in [3.8, 4) is 0 Å². The van der Waals surface area contributed by atoms with E-state index in [4.69, 9.17) is 4.74 Å². The van der Waals surface area contributed by atoms with Gasteiger partial charge in [0.1, 0.15) is 17.3 Å². The van der Waals surface area contributed by atoms with Crippen molar-refractivity contribution in [2.75, 3.05) is 25.1 Å². The van der Waals surface area contributed by atoms with E-state index in [-0.39, 0.29) is 12.1 Å². The molecular formula is C13H16F2N2O2. The first-order chi connectivity index (χ1) is 9.00. The van der Waals surface area contributed by atoms with Crippen molar-refractivity contribution in [1.82, 2.24) is 5.32 Å². The normalized spacial score (nSPS) is 22.5. The molecule has 1 fully saturated rings. The molecule has 1 atom stereocenters. The summed E-state index contributed by atoms with van der Waals surface area (Å²) in [6, 6.07) is 3.44. The van der Waals surface area contributed by atoms with E-state index in [9.17, 15) is 13.6 Å². The minimum Gasteiger partial charge on any atom is -0.379 e. The first kappa shape index (κ1) is 13.9. The smallest absolute Gasteiger partial charge is 0.238 e. The molecule has 1 amide bonds. The van der Waals surface area contributed by atoms with Crippen LogP contribution in [0.2, 0.25) is 0 Å². The molecule has 2 rings (SSSR count). The molecule has 104 valence electrons. The molecule has 0 aliphatic carbocycles. The molecule has 0 bridgehead atoms. The Morgan fingerprint density at radius 2 is 2.11 bits per heavy atom. The van der Waals surface area contributed by atoms with Crippen LogP contribution in [-0.4, -0.2) is 31.2 Å². The van der Waals surface area contributed by atoms with Crippen LogP contribution in [0.15, 0.2) is 18.2 Å². The summed E-state index contributed by atoms with van der Waals surface area (Å²) in [5.41, 5.74) is -0.674. The summed E-state index contributed by atoms with van der Waals surface area (Å²) in [4.78, 5) is 11.7. The van der Waals surface area contributed by atoms with Crippen LogP contribution in [0.1, 0.15) is 13.3 Å². The van der Waals surface area contributed by atoms with Gasteiger partial charge in [-0.05, 0) is 25.5 Å². The van der Waals surface area contributed by atoms with Gasteiger partial charge in [0.25, 0.3) is 0 Å². The van der Waals surface area contributed by atoms with Crippen LogP contribution in [0, 0.1) is 11.6 Å². The van der Waals surface area contributed by atoms with Crippen molar-refractivity contribution in [1.29, 1.82) is 0 Å². The number of carbonyl (C=O) groups is 1. The lowest BCUT2D eigenvalue weighted by Crippen LogP contribution is -2.46. The third-order valence-electron chi connectivity index (χ3n) is 3.12. The van der Waals surface area contributed by atoms with Crippen LogP contribution in [0.3, 0.4) is 0 Å². The lowest BCUT2D eigenvalue weighted by Gasteiger charge is -2.23. The van der Waals surface area contributed by atoms with Gasteiger partial charge in [-0.2, -0.15) is 0 Å². The molecule has 0 aromatic heterocycles. The molecule has 1 aliphatic heterocycles. The third kappa shape index (κ3) is 3.48. The van der Waals surface area contributed by atoms with Crippen molar-refractivity contribution in [2.24, 2.45) is 0 Å². The molecule has 6 heteroatoms. The van der Waals surface area contributed by atoms with Crippen molar-refractivity contribution < 1.29 is 18.3 Å². The lowest BCUT2D eigenvalue weighted by molar-refractivity contribution is -0.115. The van der Waals surface area contributed by atoms with E-state index >= 15 is 0 Å². The third-order valence-corrected chi connectivity index (χ3v) is 3.12. The molecule has 2 N–H and O–H groups in total. The Labute approximate surface area is 110 Å². The highest BCUT2D eigenvalue weighted by Gasteiger charge is 2.29. The number of rotatable bonds is 4. The molecule has 1 aliphatic rings. The Hall–Kier alpha value is -1.53. The average molecular weight is 270 g/mol. The summed E-state index contributed by atoms with van der Waals surface area (Å²) in [6.45, 7) is 3.09. The van der Waals surface area contributed by atoms with Gasteiger partial charge in [0, 0.05) is 12.1 Å². The number of anilines is 1. The standard InChI is InChI=1S/C13H16F2N2O2/c1-13(5-6-19-8-13)16-7-11(18)17-12-9(14)3-2-4-10(12)15/h2-4,16H,5-8H2,1H3,(H,17,18). The molecule has 0 spiro atoms. The Balaban J connectivity index is 1.91. The zero-order valence-electron chi connectivity index (χ0n) is 10.6. The van der Waals surface area contributed by atoms with E-state index in [0.29, 0.717) is 13.2 Å². The van der Waals surface area contributed by atoms with Gasteiger partial charge >= 0.3 is 0 Å². The maximum Gasteiger partial charge on any atom is 0.238 e. The highest BCUT2D eigenvalue weighted by Crippen LogP contribution is 2.19. The number of halogens is 2. The monoisotopic (exact) mass is 270 g/mol. The van der Waals surface area contributed by atoms with Crippen molar-refractivity contribution in [2.45, 2.75) is 18.9 Å². The number of amides is 1. The highest BCUT2D eigenvalue weighted by molar-refractivity contribution is 5.92. The zero-order chi connectivity index (χ0) is 13.9. The summed E-state index contributed by atoms with van der Waals surface area (Å²) in [5, 5.41) is 5.26. The van der Waals surface area contributed by atoms with Gasteiger partial charge < -0.3 is 15.4 Å². The molecule has 1 saturated heterocycles. The largest absolute Gasteiger partial charge is 0.379 e. The quantitative estimate of drug-likeness (QED) is 0.875. The molecule has 1 aromatic carbocycles. The van der Waals surface area contributed by atoms with Gasteiger partial charge in [0.05, 0.1) is 13.2 Å². The fraction of sp³-hybridized carbons (Fsp3) is 0.462. The topological polar surface area (TPSA) is 50.4 Å². The second-order valence-corrected chi connectivity index (χ2v) is 4.86. The molecule has 4 nitrogen and oxygen atoms in total. The Morgan fingerprint density at radius 3 is 2.68 bits per heavy atom. The lowest BCUT2D eigenvalue weighted by atomic mass is 10.0. The molecular weight excluding hydrogens is 254 g/mol. The average Bonchev–Trinajstić information content (AvgIpc) is 2.79. The van der Waals surface area contributed by atoms with Crippen molar-refractivity contribution >= 4 is 11.6 Å². The first-order valence-electron chi connectivity index (χ1n) is 6.07. The number of carbonyl (C=O) groups excluding carboxylic acids is 1. The fourth-order valence-electron chi connectivity index (χ4n) is 1.90. The van der Waals surface area contributed by atoms with Crippen LogP contribution in [0.5, 0.6) is 0 Å². The van der Waals surface area contributed by atoms with E-state index in [1.807, 2.05) is 6.92 Å². The minimum atomic E-state index is -0.788. The Morgan fingerprint density at radius 1 is 1.42 bits per heavy atom. The summed E-state index contributed by atoms with van der Waals surface area (Å²) in [7, 11) is 0. The summed E-state index contributed by atoms with van der Waals surface area (Å²) >= 11 is 0. The van der Waals surface area contributed by atoms with Crippen LogP contribution < -0.4 is 10.6 Å². The van der Waals surface area contributed by atoms with Gasteiger partial charge in [-0.3, -0.25) is 4.79 Å². The van der Waals surface area contributed by atoms with Gasteiger partial charge in [0.2, 0.25) is 5.91 Å². The number of ether oxygens (including phenoxy) is 1. The Bertz CT molecular complexity index is 453. The molecule has 1 heterocycles. The second-order valence-electron chi connectivity index (χ2n) is 4.86. The summed E-state index contributed by atoms with van der Waals surface area (Å²) in [5.74, 6) is -2.07. The van der Waals surface area contributed by atoms with Crippen LogP contribution >= 0.6 is 0 Å². The first-order valence-corrected chi connectivity index (χ1v) is 6.07. The SMILES string of the molecule is CC1(NCC(=O)Nc2c(F)cccc2F)CCOC1. The summed E-state index contributed by atoms with van der Waals surface area (Å²) < 4.78 is 31.9. The minimum absolute atomic E-state index is 0.0202. The van der Waals surface area contributed by atoms with Crippen LogP contribution in [0.4, 0.5) is 14.5 Å². The number of benzene rings is 1. The van der Waals surface area contributed by atoms with E-state index in [1.165, 1.54) is 6.07 Å². The second kappa shape index (κ2) is 5.63. The molecule has 0 saturated carbocycles. The van der Waals surface area contributed by atoms with Gasteiger partial charge in [-0.15, -0.1) is 0 Å². The van der Waals surface area contributed by atoms with Gasteiger partial charge in [-0.25, -0.2) is 8.78 Å². The van der Waals surface area contributed by atoms with Gasteiger partial charge in [-0.1, -0.05) is 6.07 Å². The van der Waals surface area contributed by atoms with Crippen molar-refractivity contribution in [3.63, 3.8) is 0 Å². The highest BCUT2D eigenvalue weighted by atomic mass is 19.1. The number of para-hydroxylation sites is 1. The predicted molar refractivity (Wildman–Crippen MR) is 66.8 cm³/mol. The van der Waals surface area contributed by atoms with E-state index in [1.54, 1.807) is 0 Å². The fourth-order valence-corrected chi connectivity index (χ4v) is 1.90. The summed E-state index contributed by atoms with van der Waals surface area (Å²) in [6.07, 6.45) is 0.800. The molecule has 1 aromatic rings. The maximum absolute atomic E-state index is 13.3. The molecule has 1 unspecified atom stereocenters. The van der Waals surface area contributed by atoms with Crippen LogP contribution in [0.25, 0.3) is 0 Å². The maximum atomic E-state index is 13.3. The van der Waals surface area contributed by atoms with Gasteiger partial charge in [0.15, 0.2) is 0 Å². The van der Waals surface area contributed by atoms with E-state index < -0.39 is 23.2 Å². The number of hydrogen-bond donors (Lipinski definition) is 2. The van der Waals surface area contributed by atoms with Crippen molar-refractivity contribution in [3.05, 3.63) is 29.8 Å². The van der Waals surface area contributed by atoms with E-state index in [2.05, 4.69) is 10.6 Å². The number of nitrogens with one attached hydrogen (secondary N) is 2. The number of hydrogen-bond acceptors (Lipinski definition) is 3. The predicted octanol–water partition coefficient (Wildman–Crippen LogP) is 1.67. The molecule has 0 radical (unpaired) electrons.